The SMILES string of the molecule is NC(=O)C(N)CN1CCC(C(N)=O)CC1. The Hall–Kier alpha value is -1.14. The van der Waals surface area contributed by atoms with Crippen LogP contribution in [0.3, 0.4) is 0 Å². The standard InChI is InChI=1S/C9H18N4O2/c10-7(9(12)15)5-13-3-1-6(2-4-13)8(11)14/h6-7H,1-5,10H2,(H2,11,14)(H2,12,15). The summed E-state index contributed by atoms with van der Waals surface area (Å²) < 4.78 is 0. The Kier molecular flexibility index (Phi) is 4.05. The molecule has 1 unspecified atom stereocenters. The van der Waals surface area contributed by atoms with Crippen LogP contribution in [0.1, 0.15) is 12.8 Å². The van der Waals surface area contributed by atoms with Gasteiger partial charge in [-0.05, 0) is 25.9 Å². The second kappa shape index (κ2) is 5.09. The number of likely N-dealkylation sites (tertiary alicyclic amines) is 1. The maximum absolute atomic E-state index is 10.9. The number of rotatable bonds is 4. The van der Waals surface area contributed by atoms with Crippen molar-refractivity contribution in [1.29, 1.82) is 0 Å². The summed E-state index contributed by atoms with van der Waals surface area (Å²) in [6.07, 6.45) is 1.47. The lowest BCUT2D eigenvalue weighted by molar-refractivity contribution is -0.124. The van der Waals surface area contributed by atoms with Crippen molar-refractivity contribution in [1.82, 2.24) is 4.90 Å². The number of amides is 2. The van der Waals surface area contributed by atoms with Crippen LogP contribution >= 0.6 is 0 Å². The molecule has 1 heterocycles. The van der Waals surface area contributed by atoms with Crippen molar-refractivity contribution in [2.75, 3.05) is 19.6 Å². The maximum atomic E-state index is 10.9. The van der Waals surface area contributed by atoms with Crippen LogP contribution < -0.4 is 17.2 Å². The molecule has 1 fully saturated rings. The van der Waals surface area contributed by atoms with Gasteiger partial charge in [0.05, 0.1) is 6.04 Å². The number of carbonyl (C=O) groups excluding carboxylic acids is 2. The van der Waals surface area contributed by atoms with E-state index in [2.05, 4.69) is 0 Å². The fourth-order valence-corrected chi connectivity index (χ4v) is 1.77. The molecule has 0 radical (unpaired) electrons. The number of nitrogens with two attached hydrogens (primary N) is 3. The molecule has 1 aliphatic rings. The average molecular weight is 214 g/mol. The Labute approximate surface area is 88.8 Å². The van der Waals surface area contributed by atoms with Crippen molar-refractivity contribution < 1.29 is 9.59 Å². The molecule has 0 bridgehead atoms. The van der Waals surface area contributed by atoms with E-state index < -0.39 is 11.9 Å². The Morgan fingerprint density at radius 1 is 1.27 bits per heavy atom. The van der Waals surface area contributed by atoms with E-state index in [0.717, 1.165) is 25.9 Å². The molecule has 0 saturated carbocycles. The molecule has 0 aromatic carbocycles. The van der Waals surface area contributed by atoms with E-state index in [1.807, 2.05) is 4.90 Å². The van der Waals surface area contributed by atoms with Gasteiger partial charge >= 0.3 is 0 Å². The maximum Gasteiger partial charge on any atom is 0.235 e. The number of primary amides is 2. The van der Waals surface area contributed by atoms with Crippen molar-refractivity contribution in [3.63, 3.8) is 0 Å². The molecule has 1 aliphatic heterocycles. The molecule has 2 amide bonds. The summed E-state index contributed by atoms with van der Waals surface area (Å²) in [6.45, 7) is 1.95. The van der Waals surface area contributed by atoms with Crippen molar-refractivity contribution in [3.05, 3.63) is 0 Å². The fraction of sp³-hybridized carbons (Fsp3) is 0.778. The fourth-order valence-electron chi connectivity index (χ4n) is 1.77. The lowest BCUT2D eigenvalue weighted by Crippen LogP contribution is -2.48. The van der Waals surface area contributed by atoms with Gasteiger partial charge in [0.25, 0.3) is 0 Å². The van der Waals surface area contributed by atoms with Crippen LogP contribution in [0.4, 0.5) is 0 Å². The first-order valence-electron chi connectivity index (χ1n) is 5.07. The van der Waals surface area contributed by atoms with Crippen LogP contribution in [-0.2, 0) is 9.59 Å². The smallest absolute Gasteiger partial charge is 0.235 e. The van der Waals surface area contributed by atoms with Crippen LogP contribution in [0.25, 0.3) is 0 Å². The van der Waals surface area contributed by atoms with Crippen molar-refractivity contribution in [2.45, 2.75) is 18.9 Å². The molecule has 1 atom stereocenters. The molecule has 0 aliphatic carbocycles. The lowest BCUT2D eigenvalue weighted by atomic mass is 9.96. The molecule has 0 spiro atoms. The van der Waals surface area contributed by atoms with Crippen molar-refractivity contribution in [2.24, 2.45) is 23.1 Å². The van der Waals surface area contributed by atoms with E-state index in [0.29, 0.717) is 6.54 Å². The minimum Gasteiger partial charge on any atom is -0.369 e. The van der Waals surface area contributed by atoms with Crippen LogP contribution in [0.2, 0.25) is 0 Å². The molecule has 6 N–H and O–H groups in total. The van der Waals surface area contributed by atoms with Gasteiger partial charge in [0.2, 0.25) is 11.8 Å². The van der Waals surface area contributed by atoms with Gasteiger partial charge in [-0.25, -0.2) is 0 Å². The highest BCUT2D eigenvalue weighted by Crippen LogP contribution is 2.16. The monoisotopic (exact) mass is 214 g/mol. The van der Waals surface area contributed by atoms with Crippen LogP contribution in [0, 0.1) is 5.92 Å². The van der Waals surface area contributed by atoms with Gasteiger partial charge in [0.15, 0.2) is 0 Å². The van der Waals surface area contributed by atoms with Gasteiger partial charge < -0.3 is 22.1 Å². The average Bonchev–Trinajstić information content (AvgIpc) is 2.18. The summed E-state index contributed by atoms with van der Waals surface area (Å²) in [7, 11) is 0. The van der Waals surface area contributed by atoms with Gasteiger partial charge in [-0.15, -0.1) is 0 Å². The van der Waals surface area contributed by atoms with Crippen molar-refractivity contribution in [3.8, 4) is 0 Å². The number of hydrogen-bond acceptors (Lipinski definition) is 4. The number of hydrogen-bond donors (Lipinski definition) is 3. The third kappa shape index (κ3) is 3.49. The normalized spacial score (nSPS) is 21.1. The predicted molar refractivity (Wildman–Crippen MR) is 55.5 cm³/mol. The summed E-state index contributed by atoms with van der Waals surface area (Å²) in [4.78, 5) is 23.7. The molecule has 86 valence electrons. The first kappa shape index (κ1) is 11.9. The first-order chi connectivity index (χ1) is 7.00. The lowest BCUT2D eigenvalue weighted by Gasteiger charge is -2.31. The zero-order valence-corrected chi connectivity index (χ0v) is 8.69. The van der Waals surface area contributed by atoms with Gasteiger partial charge in [0.1, 0.15) is 0 Å². The highest BCUT2D eigenvalue weighted by Gasteiger charge is 2.24. The Morgan fingerprint density at radius 2 is 1.80 bits per heavy atom. The molecule has 0 aromatic rings. The summed E-state index contributed by atoms with van der Waals surface area (Å²) in [6, 6.07) is -0.630. The minimum atomic E-state index is -0.630. The summed E-state index contributed by atoms with van der Waals surface area (Å²) in [5.74, 6) is -0.771. The minimum absolute atomic E-state index is 0.0361. The topological polar surface area (TPSA) is 115 Å². The zero-order valence-electron chi connectivity index (χ0n) is 8.69. The summed E-state index contributed by atoms with van der Waals surface area (Å²) >= 11 is 0. The molecule has 6 heteroatoms. The molecular weight excluding hydrogens is 196 g/mol. The van der Waals surface area contributed by atoms with E-state index in [9.17, 15) is 9.59 Å². The number of piperidine rings is 1. The highest BCUT2D eigenvalue weighted by molar-refractivity contribution is 5.79. The molecule has 1 rings (SSSR count). The second-order valence-corrected chi connectivity index (χ2v) is 3.99. The Bertz CT molecular complexity index is 248. The van der Waals surface area contributed by atoms with Crippen LogP contribution in [0.15, 0.2) is 0 Å². The van der Waals surface area contributed by atoms with E-state index in [-0.39, 0.29) is 11.8 Å². The second-order valence-electron chi connectivity index (χ2n) is 3.99. The van der Waals surface area contributed by atoms with E-state index in [1.54, 1.807) is 0 Å². The van der Waals surface area contributed by atoms with Crippen LogP contribution in [-0.4, -0.2) is 42.4 Å². The first-order valence-corrected chi connectivity index (χ1v) is 5.07. The Morgan fingerprint density at radius 3 is 2.20 bits per heavy atom. The predicted octanol–water partition coefficient (Wildman–Crippen LogP) is -2.00. The van der Waals surface area contributed by atoms with Crippen LogP contribution in [0.5, 0.6) is 0 Å². The Balaban J connectivity index is 2.31. The van der Waals surface area contributed by atoms with Gasteiger partial charge in [0, 0.05) is 12.5 Å². The largest absolute Gasteiger partial charge is 0.369 e. The number of nitrogens with zero attached hydrogens (tertiary/aromatic N) is 1. The zero-order chi connectivity index (χ0) is 11.4. The van der Waals surface area contributed by atoms with E-state index >= 15 is 0 Å². The quantitative estimate of drug-likeness (QED) is 0.501. The highest BCUT2D eigenvalue weighted by atomic mass is 16.1. The van der Waals surface area contributed by atoms with Gasteiger partial charge in [-0.3, -0.25) is 9.59 Å². The van der Waals surface area contributed by atoms with Gasteiger partial charge in [-0.1, -0.05) is 0 Å². The molecule has 6 nitrogen and oxygen atoms in total. The summed E-state index contributed by atoms with van der Waals surface area (Å²) in [5.41, 5.74) is 15.8. The third-order valence-electron chi connectivity index (χ3n) is 2.81. The molecular formula is C9H18N4O2. The third-order valence-corrected chi connectivity index (χ3v) is 2.81. The number of carbonyl (C=O) groups is 2. The van der Waals surface area contributed by atoms with Crippen molar-refractivity contribution >= 4 is 11.8 Å². The van der Waals surface area contributed by atoms with E-state index in [1.165, 1.54) is 0 Å². The molecule has 1 saturated heterocycles. The summed E-state index contributed by atoms with van der Waals surface area (Å²) in [5, 5.41) is 0. The molecule has 15 heavy (non-hydrogen) atoms. The van der Waals surface area contributed by atoms with E-state index in [4.69, 9.17) is 17.2 Å². The molecule has 0 aromatic heterocycles. The van der Waals surface area contributed by atoms with Gasteiger partial charge in [-0.2, -0.15) is 0 Å².